The van der Waals surface area contributed by atoms with Crippen LogP contribution in [0.5, 0.6) is 11.5 Å². The first-order valence-corrected chi connectivity index (χ1v) is 6.95. The number of benzene rings is 1. The zero-order valence-electron chi connectivity index (χ0n) is 12.4. The Morgan fingerprint density at radius 1 is 1.24 bits per heavy atom. The van der Waals surface area contributed by atoms with Crippen molar-refractivity contribution < 1.29 is 9.84 Å². The highest BCUT2D eigenvalue weighted by atomic mass is 16.5. The van der Waals surface area contributed by atoms with Gasteiger partial charge < -0.3 is 14.2 Å². The van der Waals surface area contributed by atoms with Crippen LogP contribution in [-0.2, 0) is 0 Å². The number of rotatable bonds is 3. The monoisotopic (exact) mass is 282 g/mol. The molecule has 0 bridgehead atoms. The first kappa shape index (κ1) is 13.5. The van der Waals surface area contributed by atoms with Gasteiger partial charge in [0.2, 0.25) is 0 Å². The summed E-state index contributed by atoms with van der Waals surface area (Å²) in [5.41, 5.74) is 3.50. The van der Waals surface area contributed by atoms with Gasteiger partial charge in [-0.25, -0.2) is 4.98 Å². The molecule has 0 unspecified atom stereocenters. The van der Waals surface area contributed by atoms with Crippen molar-refractivity contribution in [3.05, 3.63) is 48.3 Å². The Labute approximate surface area is 123 Å². The van der Waals surface area contributed by atoms with Gasteiger partial charge >= 0.3 is 0 Å². The molecule has 2 aromatic heterocycles. The Balaban J connectivity index is 2.21. The highest BCUT2D eigenvalue weighted by Crippen LogP contribution is 2.33. The van der Waals surface area contributed by atoms with Crippen LogP contribution in [0.15, 0.2) is 42.7 Å². The van der Waals surface area contributed by atoms with Crippen LogP contribution in [-0.4, -0.2) is 21.6 Å². The van der Waals surface area contributed by atoms with Gasteiger partial charge in [-0.15, -0.1) is 0 Å². The van der Waals surface area contributed by atoms with Crippen LogP contribution in [0.25, 0.3) is 16.9 Å². The largest absolute Gasteiger partial charge is 0.504 e. The van der Waals surface area contributed by atoms with Crippen molar-refractivity contribution >= 4 is 5.65 Å². The summed E-state index contributed by atoms with van der Waals surface area (Å²) in [6.45, 7) is 4.31. The second kappa shape index (κ2) is 5.13. The number of ether oxygens (including phenoxy) is 1. The highest BCUT2D eigenvalue weighted by molar-refractivity contribution is 5.71. The van der Waals surface area contributed by atoms with E-state index in [4.69, 9.17) is 4.74 Å². The zero-order valence-corrected chi connectivity index (χ0v) is 12.4. The predicted molar refractivity (Wildman–Crippen MR) is 82.9 cm³/mol. The number of nitrogens with zero attached hydrogens (tertiary/aromatic N) is 2. The molecular weight excluding hydrogens is 264 g/mol. The lowest BCUT2D eigenvalue weighted by Crippen LogP contribution is -1.92. The SMILES string of the molecule is COc1ccc(C(C)C)cc1-c1cn2cccc(O)c2n1. The Morgan fingerprint density at radius 3 is 2.71 bits per heavy atom. The first-order valence-electron chi connectivity index (χ1n) is 6.95. The van der Waals surface area contributed by atoms with Crippen molar-refractivity contribution in [3.8, 4) is 22.8 Å². The lowest BCUT2D eigenvalue weighted by Gasteiger charge is -2.11. The molecule has 0 spiro atoms. The van der Waals surface area contributed by atoms with E-state index in [0.717, 1.165) is 17.0 Å². The van der Waals surface area contributed by atoms with Crippen molar-refractivity contribution in [2.45, 2.75) is 19.8 Å². The van der Waals surface area contributed by atoms with Gasteiger partial charge in [-0.05, 0) is 35.7 Å². The van der Waals surface area contributed by atoms with Crippen LogP contribution in [0.3, 0.4) is 0 Å². The number of methoxy groups -OCH3 is 1. The minimum Gasteiger partial charge on any atom is -0.504 e. The average Bonchev–Trinajstić information content (AvgIpc) is 2.92. The number of hydrogen-bond donors (Lipinski definition) is 1. The summed E-state index contributed by atoms with van der Waals surface area (Å²) >= 11 is 0. The third kappa shape index (κ3) is 2.33. The second-order valence-corrected chi connectivity index (χ2v) is 5.36. The van der Waals surface area contributed by atoms with Crippen molar-refractivity contribution in [2.75, 3.05) is 7.11 Å². The molecule has 3 aromatic rings. The van der Waals surface area contributed by atoms with Crippen LogP contribution >= 0.6 is 0 Å². The fourth-order valence-electron chi connectivity index (χ4n) is 2.41. The molecule has 4 nitrogen and oxygen atoms in total. The molecule has 0 amide bonds. The zero-order chi connectivity index (χ0) is 15.0. The van der Waals surface area contributed by atoms with Crippen molar-refractivity contribution in [2.24, 2.45) is 0 Å². The molecule has 2 heterocycles. The van der Waals surface area contributed by atoms with E-state index in [1.165, 1.54) is 5.56 Å². The fraction of sp³-hybridized carbons (Fsp3) is 0.235. The van der Waals surface area contributed by atoms with E-state index in [9.17, 15) is 5.11 Å². The molecular formula is C17H18N2O2. The molecule has 0 atom stereocenters. The summed E-state index contributed by atoms with van der Waals surface area (Å²) in [5, 5.41) is 9.89. The van der Waals surface area contributed by atoms with E-state index in [-0.39, 0.29) is 5.75 Å². The Morgan fingerprint density at radius 2 is 2.05 bits per heavy atom. The number of imidazole rings is 1. The quantitative estimate of drug-likeness (QED) is 0.794. The summed E-state index contributed by atoms with van der Waals surface area (Å²) < 4.78 is 7.26. The summed E-state index contributed by atoms with van der Waals surface area (Å²) in [4.78, 5) is 4.52. The number of hydrogen-bond acceptors (Lipinski definition) is 3. The number of fused-ring (bicyclic) bond motifs is 1. The summed E-state index contributed by atoms with van der Waals surface area (Å²) in [7, 11) is 1.65. The summed E-state index contributed by atoms with van der Waals surface area (Å²) in [6, 6.07) is 9.56. The lowest BCUT2D eigenvalue weighted by atomic mass is 9.99. The standard InChI is InChI=1S/C17H18N2O2/c1-11(2)12-6-7-16(21-3)13(9-12)14-10-19-8-4-5-15(20)17(19)18-14/h4-11,20H,1-3H3. The topological polar surface area (TPSA) is 46.8 Å². The maximum Gasteiger partial charge on any atom is 0.180 e. The van der Waals surface area contributed by atoms with Gasteiger partial charge in [-0.1, -0.05) is 19.9 Å². The lowest BCUT2D eigenvalue weighted by molar-refractivity contribution is 0.416. The van der Waals surface area contributed by atoms with E-state index in [0.29, 0.717) is 11.6 Å². The van der Waals surface area contributed by atoms with Crippen LogP contribution in [0, 0.1) is 0 Å². The smallest absolute Gasteiger partial charge is 0.180 e. The molecule has 0 radical (unpaired) electrons. The molecule has 0 saturated heterocycles. The number of pyridine rings is 1. The fourth-order valence-corrected chi connectivity index (χ4v) is 2.41. The van der Waals surface area contributed by atoms with E-state index in [1.54, 1.807) is 19.2 Å². The molecule has 3 rings (SSSR count). The Kier molecular flexibility index (Phi) is 3.29. The van der Waals surface area contributed by atoms with Gasteiger partial charge in [0.25, 0.3) is 0 Å². The van der Waals surface area contributed by atoms with Gasteiger partial charge in [0.05, 0.1) is 12.8 Å². The maximum absolute atomic E-state index is 9.89. The minimum atomic E-state index is 0.169. The van der Waals surface area contributed by atoms with Crippen LogP contribution in [0.2, 0.25) is 0 Å². The van der Waals surface area contributed by atoms with Crippen molar-refractivity contribution in [1.82, 2.24) is 9.38 Å². The van der Waals surface area contributed by atoms with Gasteiger partial charge in [-0.2, -0.15) is 0 Å². The molecule has 1 aromatic carbocycles. The Bertz CT molecular complexity index is 791. The minimum absolute atomic E-state index is 0.169. The third-order valence-electron chi connectivity index (χ3n) is 3.63. The molecule has 21 heavy (non-hydrogen) atoms. The van der Waals surface area contributed by atoms with Crippen molar-refractivity contribution in [1.29, 1.82) is 0 Å². The third-order valence-corrected chi connectivity index (χ3v) is 3.63. The van der Waals surface area contributed by atoms with Crippen LogP contribution < -0.4 is 4.74 Å². The molecule has 0 fully saturated rings. The van der Waals surface area contributed by atoms with E-state index in [1.807, 2.05) is 22.9 Å². The molecule has 0 aliphatic rings. The summed E-state index contributed by atoms with van der Waals surface area (Å²) in [5.74, 6) is 1.38. The normalized spacial score (nSPS) is 11.2. The highest BCUT2D eigenvalue weighted by Gasteiger charge is 2.13. The molecule has 4 heteroatoms. The molecule has 0 saturated carbocycles. The maximum atomic E-state index is 9.89. The van der Waals surface area contributed by atoms with Crippen LogP contribution in [0.1, 0.15) is 25.3 Å². The van der Waals surface area contributed by atoms with E-state index >= 15 is 0 Å². The van der Waals surface area contributed by atoms with E-state index < -0.39 is 0 Å². The second-order valence-electron chi connectivity index (χ2n) is 5.36. The van der Waals surface area contributed by atoms with Crippen molar-refractivity contribution in [3.63, 3.8) is 0 Å². The average molecular weight is 282 g/mol. The van der Waals surface area contributed by atoms with Gasteiger partial charge in [-0.3, -0.25) is 0 Å². The molecule has 0 aliphatic heterocycles. The predicted octanol–water partition coefficient (Wildman–Crippen LogP) is 3.84. The summed E-state index contributed by atoms with van der Waals surface area (Å²) in [6.07, 6.45) is 3.77. The van der Waals surface area contributed by atoms with Gasteiger partial charge in [0.15, 0.2) is 11.4 Å². The van der Waals surface area contributed by atoms with Gasteiger partial charge in [0, 0.05) is 18.0 Å². The number of aromatic nitrogens is 2. The molecule has 1 N–H and O–H groups in total. The molecule has 0 aliphatic carbocycles. The first-order chi connectivity index (χ1) is 10.1. The van der Waals surface area contributed by atoms with E-state index in [2.05, 4.69) is 31.0 Å². The Hall–Kier alpha value is -2.49. The van der Waals surface area contributed by atoms with Gasteiger partial charge in [0.1, 0.15) is 5.75 Å². The van der Waals surface area contributed by atoms with Crippen LogP contribution in [0.4, 0.5) is 0 Å². The molecule has 108 valence electrons. The number of aromatic hydroxyl groups is 1.